The quantitative estimate of drug-likeness (QED) is 0.0394. The van der Waals surface area contributed by atoms with Gasteiger partial charge in [0.05, 0.1) is 17.4 Å². The number of aromatic nitrogens is 2. The van der Waals surface area contributed by atoms with Crippen LogP contribution in [0.15, 0.2) is 47.8 Å². The van der Waals surface area contributed by atoms with Crippen molar-refractivity contribution in [3.8, 4) is 0 Å². The minimum absolute atomic E-state index is 0.0545. The van der Waals surface area contributed by atoms with Gasteiger partial charge in [-0.25, -0.2) is 4.98 Å². The fourth-order valence-corrected chi connectivity index (χ4v) is 11.3. The summed E-state index contributed by atoms with van der Waals surface area (Å²) in [4.78, 5) is 179. The Labute approximate surface area is 541 Å². The number of H-pyrrole nitrogens is 1. The number of aromatic amines is 1. The van der Waals surface area contributed by atoms with Crippen molar-refractivity contribution >= 4 is 87.8 Å². The fourth-order valence-electron chi connectivity index (χ4n) is 10.2. The van der Waals surface area contributed by atoms with E-state index < -0.39 is 163 Å². The summed E-state index contributed by atoms with van der Waals surface area (Å²) >= 11 is 1.35. The van der Waals surface area contributed by atoms with Crippen molar-refractivity contribution in [3.63, 3.8) is 0 Å². The first-order valence-corrected chi connectivity index (χ1v) is 32.8. The van der Waals surface area contributed by atoms with Gasteiger partial charge in [0.25, 0.3) is 0 Å². The van der Waals surface area contributed by atoms with E-state index in [1.807, 2.05) is 27.7 Å². The Morgan fingerprint density at radius 3 is 1.93 bits per heavy atom. The predicted octanol–water partition coefficient (Wildman–Crippen LogP) is -2.71. The zero-order chi connectivity index (χ0) is 68.2. The summed E-state index contributed by atoms with van der Waals surface area (Å²) in [6.45, 7) is 14.3. The molecule has 92 heavy (non-hydrogen) atoms. The smallest absolute Gasteiger partial charge is 0.246 e. The molecule has 10 unspecified atom stereocenters. The van der Waals surface area contributed by atoms with Gasteiger partial charge in [0, 0.05) is 55.4 Å². The van der Waals surface area contributed by atoms with Crippen LogP contribution < -0.4 is 74.8 Å². The molecule has 2 aromatic rings. The SMILES string of the molecule is CCC(C)C(N)C1=NC(C(=O)NC(CC(C)C)C(=O)N[C@@H](CCC(=O)[O-])C(=O)NC(C(=O)NC2CCCCNC(=O)[C@H](CC(=O)[O-])NC(=O)C(Cc3cnc[nH]3)NC(=O)[C@@H](Cc3ccccc3)NC(=O)C(C(C)CC)NC(=O)[C@H](CCCN)NC2=O)C(C)CC)CS1. The summed E-state index contributed by atoms with van der Waals surface area (Å²) in [5.74, 6) is -12.9. The Balaban J connectivity index is 1.71. The molecule has 4 rings (SSSR count). The number of carboxylic acids is 2. The van der Waals surface area contributed by atoms with E-state index in [-0.39, 0.29) is 94.5 Å². The molecular weight excluding hydrogens is 1210 g/mol. The second-order valence-electron chi connectivity index (χ2n) is 24.2. The number of nitrogens with zero attached hydrogens (tertiary/aromatic N) is 2. The number of nitrogens with one attached hydrogen (secondary N) is 11. The molecule has 3 heterocycles. The van der Waals surface area contributed by atoms with Gasteiger partial charge in [-0.2, -0.15) is 0 Å². The first kappa shape index (κ1) is 76.5. The van der Waals surface area contributed by atoms with Crippen LogP contribution in [0.2, 0.25) is 0 Å². The van der Waals surface area contributed by atoms with Crippen LogP contribution >= 0.6 is 11.8 Å². The zero-order valence-corrected chi connectivity index (χ0v) is 54.7. The maximum Gasteiger partial charge on any atom is 0.246 e. The van der Waals surface area contributed by atoms with Gasteiger partial charge in [-0.05, 0) is 87.1 Å². The standard InChI is InChI=1S/C62H97N15O14S/c1-9-34(6)49(64)62-75-46(31-92-62)59(89)71-42(26-33(4)5)56(86)69-41(22-23-47(78)79)55(85)77-50(35(7)10-2)60(90)70-39-20-15-16-25-66-52(82)45(29-48(80)81)73-58(88)44(28-38-30-65-32-67-38)72-57(87)43(27-37-18-13-12-14-19-37)74-61(91)51(36(8)11-3)76-54(84)40(21-17-24-63)68-53(39)83/h12-14,18-19,30,32-36,39-46,49-51H,9-11,15-17,20-29,31,63-64H2,1-8H3,(H,65,67)(H,66,82)(H,68,83)(H,69,86)(H,70,90)(H,71,89)(H,72,87)(H,73,88)(H,74,91)(H,76,84)(H,77,85)(H,78,79)(H,80,81)/p-2/t34?,35?,36?,39?,40-,41-,42?,43+,44?,45-,46?,49?,50?,51?/m0/s1. The predicted molar refractivity (Wildman–Crippen MR) is 338 cm³/mol. The Morgan fingerprint density at radius 2 is 1.33 bits per heavy atom. The van der Waals surface area contributed by atoms with Crippen molar-refractivity contribution in [2.24, 2.45) is 40.1 Å². The van der Waals surface area contributed by atoms with Gasteiger partial charge in [-0.1, -0.05) is 105 Å². The lowest BCUT2D eigenvalue weighted by molar-refractivity contribution is -0.307. The molecule has 29 nitrogen and oxygen atoms in total. The van der Waals surface area contributed by atoms with Gasteiger partial charge in [0.15, 0.2) is 0 Å². The fraction of sp³-hybridized carbons (Fsp3) is 0.645. The Hall–Kier alpha value is -7.99. The highest BCUT2D eigenvalue weighted by atomic mass is 32.2. The van der Waals surface area contributed by atoms with Gasteiger partial charge in [-0.3, -0.25) is 52.9 Å². The van der Waals surface area contributed by atoms with Crippen LogP contribution in [0.3, 0.4) is 0 Å². The third-order valence-electron chi connectivity index (χ3n) is 16.4. The largest absolute Gasteiger partial charge is 0.550 e. The number of imidazole rings is 1. The lowest BCUT2D eigenvalue weighted by Gasteiger charge is -2.31. The number of amides is 10. The zero-order valence-electron chi connectivity index (χ0n) is 53.9. The molecular formula is C62H95N15O14S-2. The molecule has 1 aromatic heterocycles. The molecule has 1 fully saturated rings. The summed E-state index contributed by atoms with van der Waals surface area (Å²) < 4.78 is 0. The van der Waals surface area contributed by atoms with Gasteiger partial charge < -0.3 is 89.4 Å². The van der Waals surface area contributed by atoms with E-state index >= 15 is 0 Å². The Bertz CT molecular complexity index is 2850. The minimum Gasteiger partial charge on any atom is -0.550 e. The molecule has 2 aliphatic rings. The van der Waals surface area contributed by atoms with Crippen molar-refractivity contribution in [2.45, 2.75) is 212 Å². The van der Waals surface area contributed by atoms with Crippen molar-refractivity contribution in [2.75, 3.05) is 18.8 Å². The van der Waals surface area contributed by atoms with E-state index in [0.29, 0.717) is 22.7 Å². The molecule has 14 atom stereocenters. The summed E-state index contributed by atoms with van der Waals surface area (Å²) in [6, 6.07) is -5.77. The maximum absolute atomic E-state index is 14.7. The number of carbonyl (C=O) groups excluding carboxylic acids is 12. The van der Waals surface area contributed by atoms with Gasteiger partial charge >= 0.3 is 0 Å². The minimum atomic E-state index is -1.73. The molecule has 30 heteroatoms. The molecule has 0 bridgehead atoms. The Morgan fingerprint density at radius 1 is 0.696 bits per heavy atom. The molecule has 0 aliphatic carbocycles. The lowest BCUT2D eigenvalue weighted by Crippen LogP contribution is -2.62. The average molecular weight is 1310 g/mol. The van der Waals surface area contributed by atoms with E-state index in [9.17, 15) is 67.7 Å². The summed E-state index contributed by atoms with van der Waals surface area (Å²) in [6.07, 6.45) is 1.73. The van der Waals surface area contributed by atoms with Crippen LogP contribution in [-0.2, 0) is 70.4 Å². The molecule has 0 radical (unpaired) electrons. The van der Waals surface area contributed by atoms with Crippen molar-refractivity contribution < 1.29 is 67.7 Å². The van der Waals surface area contributed by atoms with Crippen molar-refractivity contribution in [1.82, 2.24) is 63.1 Å². The van der Waals surface area contributed by atoms with Gasteiger partial charge in [0.1, 0.15) is 60.4 Å². The van der Waals surface area contributed by atoms with E-state index in [1.54, 1.807) is 58.0 Å². The molecule has 1 aromatic carbocycles. The highest BCUT2D eigenvalue weighted by Gasteiger charge is 2.39. The first-order chi connectivity index (χ1) is 43.7. The summed E-state index contributed by atoms with van der Waals surface area (Å²) in [7, 11) is 0. The monoisotopic (exact) mass is 1310 g/mol. The number of rotatable bonds is 29. The maximum atomic E-state index is 14.7. The van der Waals surface area contributed by atoms with Crippen LogP contribution in [0.4, 0.5) is 0 Å². The number of nitrogens with two attached hydrogens (primary N) is 2. The highest BCUT2D eigenvalue weighted by molar-refractivity contribution is 8.14. The number of hydrogen-bond acceptors (Lipinski definition) is 19. The van der Waals surface area contributed by atoms with Crippen LogP contribution in [0, 0.1) is 23.7 Å². The van der Waals surface area contributed by atoms with E-state index in [0.717, 1.165) is 6.42 Å². The number of benzene rings is 1. The lowest BCUT2D eigenvalue weighted by atomic mass is 9.96. The van der Waals surface area contributed by atoms with E-state index in [2.05, 4.69) is 68.1 Å². The molecule has 0 spiro atoms. The highest BCUT2D eigenvalue weighted by Crippen LogP contribution is 2.25. The second-order valence-corrected chi connectivity index (χ2v) is 25.2. The topological polar surface area (TPSA) is 464 Å². The number of hydrogen-bond donors (Lipinski definition) is 13. The number of aliphatic imine (C=N–C) groups is 1. The molecule has 510 valence electrons. The Kier molecular flexibility index (Phi) is 32.2. The van der Waals surface area contributed by atoms with Gasteiger partial charge in [-0.15, -0.1) is 11.8 Å². The third kappa shape index (κ3) is 24.9. The number of aliphatic carboxylic acids is 2. The molecule has 1 saturated heterocycles. The normalized spacial score (nSPS) is 23.0. The third-order valence-corrected chi connectivity index (χ3v) is 17.6. The number of carbonyl (C=O) groups is 12. The number of carboxylic acid groups (broad SMARTS) is 2. The second kappa shape index (κ2) is 38.8. The van der Waals surface area contributed by atoms with Crippen LogP contribution in [0.5, 0.6) is 0 Å². The average Bonchev–Trinajstić information content (AvgIpc) is 1.41. The van der Waals surface area contributed by atoms with Crippen molar-refractivity contribution in [1.29, 1.82) is 0 Å². The van der Waals surface area contributed by atoms with Gasteiger partial charge in [0.2, 0.25) is 59.1 Å². The molecule has 0 saturated carbocycles. The molecule has 2 aliphatic heterocycles. The van der Waals surface area contributed by atoms with Crippen molar-refractivity contribution in [3.05, 3.63) is 54.1 Å². The number of thioether (sulfide) groups is 1. The van der Waals surface area contributed by atoms with Crippen LogP contribution in [0.25, 0.3) is 0 Å². The van der Waals surface area contributed by atoms with E-state index in [1.165, 1.54) is 24.3 Å². The van der Waals surface area contributed by atoms with Crippen LogP contribution in [0.1, 0.15) is 144 Å². The van der Waals surface area contributed by atoms with Crippen LogP contribution in [-0.4, -0.2) is 171 Å². The summed E-state index contributed by atoms with van der Waals surface area (Å²) in [5.41, 5.74) is 13.3. The molecule has 15 N–H and O–H groups in total. The first-order valence-electron chi connectivity index (χ1n) is 31.8. The summed E-state index contributed by atoms with van der Waals surface area (Å²) in [5, 5.41) is 51.1. The van der Waals surface area contributed by atoms with E-state index in [4.69, 9.17) is 11.5 Å². The molecule has 10 amide bonds.